The van der Waals surface area contributed by atoms with Gasteiger partial charge in [0.15, 0.2) is 11.5 Å². The summed E-state index contributed by atoms with van der Waals surface area (Å²) in [7, 11) is 6.32. The number of ether oxygens (including phenoxy) is 3. The van der Waals surface area contributed by atoms with Crippen LogP contribution < -0.4 is 19.5 Å². The van der Waals surface area contributed by atoms with E-state index in [2.05, 4.69) is 5.32 Å². The number of carbonyl (C=O) groups is 2. The zero-order chi connectivity index (χ0) is 23.5. The molecule has 8 heteroatoms. The summed E-state index contributed by atoms with van der Waals surface area (Å²) in [4.78, 5) is 28.5. The van der Waals surface area contributed by atoms with Crippen molar-refractivity contribution in [3.05, 3.63) is 77.2 Å². The van der Waals surface area contributed by atoms with Crippen LogP contribution in [0.2, 0.25) is 0 Å². The highest BCUT2D eigenvalue weighted by molar-refractivity contribution is 6.02. The number of hydrogen-bond donors (Lipinski definition) is 1. The summed E-state index contributed by atoms with van der Waals surface area (Å²) in [6, 6.07) is 13.7. The van der Waals surface area contributed by atoms with E-state index in [4.69, 9.17) is 18.6 Å². The van der Waals surface area contributed by atoms with E-state index in [1.54, 1.807) is 49.6 Å². The molecular weight excluding hydrogens is 424 g/mol. The third kappa shape index (κ3) is 4.11. The van der Waals surface area contributed by atoms with Gasteiger partial charge in [-0.15, -0.1) is 0 Å². The molecule has 0 aliphatic carbocycles. The fourth-order valence-electron chi connectivity index (χ4n) is 4.25. The van der Waals surface area contributed by atoms with Gasteiger partial charge in [0, 0.05) is 12.6 Å². The molecule has 2 heterocycles. The molecule has 3 aromatic rings. The Hall–Kier alpha value is -3.94. The van der Waals surface area contributed by atoms with Crippen molar-refractivity contribution < 1.29 is 28.2 Å². The lowest BCUT2D eigenvalue weighted by Gasteiger charge is -2.40. The summed E-state index contributed by atoms with van der Waals surface area (Å²) in [5.74, 6) is 1.07. The highest BCUT2D eigenvalue weighted by Gasteiger charge is 2.43. The van der Waals surface area contributed by atoms with Crippen LogP contribution in [0.15, 0.2) is 59.2 Å². The van der Waals surface area contributed by atoms with Crippen LogP contribution in [0.25, 0.3) is 0 Å². The average Bonchev–Trinajstić information content (AvgIpc) is 3.37. The number of benzene rings is 2. The van der Waals surface area contributed by atoms with Gasteiger partial charge in [-0.2, -0.15) is 0 Å². The molecule has 0 radical (unpaired) electrons. The van der Waals surface area contributed by atoms with Crippen molar-refractivity contribution in [1.29, 1.82) is 0 Å². The number of carbonyl (C=O) groups excluding carboxylic acids is 2. The highest BCUT2D eigenvalue weighted by atomic mass is 16.5. The van der Waals surface area contributed by atoms with Crippen LogP contribution >= 0.6 is 0 Å². The predicted molar refractivity (Wildman–Crippen MR) is 121 cm³/mol. The molecule has 2 amide bonds. The zero-order valence-electron chi connectivity index (χ0n) is 19.0. The number of hydrogen-bond acceptors (Lipinski definition) is 6. The highest BCUT2D eigenvalue weighted by Crippen LogP contribution is 2.45. The van der Waals surface area contributed by atoms with Crippen LogP contribution in [0, 0.1) is 0 Å². The lowest BCUT2D eigenvalue weighted by molar-refractivity contribution is -0.124. The molecule has 1 N–H and O–H groups in total. The number of fused-ring (bicyclic) bond motifs is 1. The Labute approximate surface area is 192 Å². The van der Waals surface area contributed by atoms with E-state index in [0.29, 0.717) is 34.1 Å². The molecule has 1 aliphatic rings. The molecule has 2 atom stereocenters. The van der Waals surface area contributed by atoms with E-state index in [1.165, 1.54) is 14.2 Å². The molecule has 1 aliphatic heterocycles. The number of likely N-dealkylation sites (N-methyl/N-ethyl adjacent to an activating group) is 1. The summed E-state index contributed by atoms with van der Waals surface area (Å²) in [6.45, 7) is 0.234. The lowest BCUT2D eigenvalue weighted by atomic mass is 9.79. The lowest BCUT2D eigenvalue weighted by Crippen LogP contribution is -2.45. The Morgan fingerprint density at radius 3 is 2.33 bits per heavy atom. The van der Waals surface area contributed by atoms with E-state index >= 15 is 0 Å². The van der Waals surface area contributed by atoms with Gasteiger partial charge in [0.2, 0.25) is 5.91 Å². The molecule has 4 rings (SSSR count). The molecule has 0 saturated heterocycles. The molecule has 2 aromatic carbocycles. The Morgan fingerprint density at radius 2 is 1.73 bits per heavy atom. The first-order chi connectivity index (χ1) is 16.0. The van der Waals surface area contributed by atoms with Gasteiger partial charge in [-0.3, -0.25) is 9.59 Å². The summed E-state index contributed by atoms with van der Waals surface area (Å²) in [6.07, 6.45) is 1.56. The van der Waals surface area contributed by atoms with E-state index < -0.39 is 12.0 Å². The van der Waals surface area contributed by atoms with E-state index in [0.717, 1.165) is 5.56 Å². The predicted octanol–water partition coefficient (Wildman–Crippen LogP) is 3.53. The molecule has 0 saturated carbocycles. The van der Waals surface area contributed by atoms with Crippen molar-refractivity contribution in [2.24, 2.45) is 0 Å². The minimum absolute atomic E-state index is 0.207. The third-order valence-electron chi connectivity index (χ3n) is 5.93. The van der Waals surface area contributed by atoms with E-state index in [1.807, 2.05) is 24.3 Å². The van der Waals surface area contributed by atoms with Gasteiger partial charge in [-0.25, -0.2) is 0 Å². The molecule has 1 aromatic heterocycles. The number of rotatable bonds is 7. The Bertz CT molecular complexity index is 1140. The fourth-order valence-corrected chi connectivity index (χ4v) is 4.25. The van der Waals surface area contributed by atoms with Crippen LogP contribution in [0.3, 0.4) is 0 Å². The van der Waals surface area contributed by atoms with Crippen molar-refractivity contribution in [3.8, 4) is 17.2 Å². The van der Waals surface area contributed by atoms with Crippen LogP contribution in [0.4, 0.5) is 0 Å². The molecule has 0 bridgehead atoms. The summed E-state index contributed by atoms with van der Waals surface area (Å²) in [5, 5.41) is 2.95. The molecule has 0 spiro atoms. The number of furan rings is 1. The Morgan fingerprint density at radius 1 is 1.03 bits per heavy atom. The molecular formula is C25H26N2O6. The SMILES string of the molecule is COc1ccc([C@@H]2[C@H](C(=O)NCc3ccco3)c3cc(OC)c(OC)cc3C(=O)N2C)cc1. The van der Waals surface area contributed by atoms with Crippen LogP contribution in [-0.4, -0.2) is 45.1 Å². The minimum Gasteiger partial charge on any atom is -0.497 e. The van der Waals surface area contributed by atoms with Gasteiger partial charge < -0.3 is 28.8 Å². The van der Waals surface area contributed by atoms with Crippen molar-refractivity contribution in [2.45, 2.75) is 18.5 Å². The third-order valence-corrected chi connectivity index (χ3v) is 5.93. The van der Waals surface area contributed by atoms with E-state index in [9.17, 15) is 9.59 Å². The number of nitrogens with one attached hydrogen (secondary N) is 1. The van der Waals surface area contributed by atoms with Gasteiger partial charge in [-0.05, 0) is 47.5 Å². The number of nitrogens with zero attached hydrogens (tertiary/aromatic N) is 1. The van der Waals surface area contributed by atoms with Crippen LogP contribution in [-0.2, 0) is 11.3 Å². The van der Waals surface area contributed by atoms with Crippen molar-refractivity contribution >= 4 is 11.8 Å². The maximum absolute atomic E-state index is 13.6. The molecule has 172 valence electrons. The first-order valence-corrected chi connectivity index (χ1v) is 10.5. The summed E-state index contributed by atoms with van der Waals surface area (Å²) in [5.41, 5.74) is 1.79. The smallest absolute Gasteiger partial charge is 0.254 e. The quantitative estimate of drug-likeness (QED) is 0.592. The van der Waals surface area contributed by atoms with Crippen molar-refractivity contribution in [2.75, 3.05) is 28.4 Å². The second-order valence-corrected chi connectivity index (χ2v) is 7.70. The second-order valence-electron chi connectivity index (χ2n) is 7.70. The van der Waals surface area contributed by atoms with Crippen LogP contribution in [0.1, 0.15) is 39.2 Å². The summed E-state index contributed by atoms with van der Waals surface area (Å²) >= 11 is 0. The van der Waals surface area contributed by atoms with Gasteiger partial charge in [0.1, 0.15) is 11.5 Å². The number of methoxy groups -OCH3 is 3. The molecule has 33 heavy (non-hydrogen) atoms. The van der Waals surface area contributed by atoms with Gasteiger partial charge in [0.05, 0.1) is 46.1 Å². The van der Waals surface area contributed by atoms with Gasteiger partial charge in [0.25, 0.3) is 5.91 Å². The number of amides is 2. The molecule has 0 unspecified atom stereocenters. The summed E-state index contributed by atoms with van der Waals surface area (Å²) < 4.78 is 21.5. The second kappa shape index (κ2) is 9.28. The first-order valence-electron chi connectivity index (χ1n) is 10.5. The van der Waals surface area contributed by atoms with Crippen LogP contribution in [0.5, 0.6) is 17.2 Å². The Kier molecular flexibility index (Phi) is 6.26. The fraction of sp³-hybridized carbons (Fsp3) is 0.280. The topological polar surface area (TPSA) is 90.2 Å². The standard InChI is InChI=1S/C25H26N2O6/c1-27-23(15-7-9-16(30-2)10-8-15)22(24(28)26-14-17-6-5-11-33-17)18-12-20(31-3)21(32-4)13-19(18)25(27)29/h5-13,22-23H,14H2,1-4H3,(H,26,28)/t22-,23-/m1/s1. The maximum atomic E-state index is 13.6. The van der Waals surface area contributed by atoms with E-state index in [-0.39, 0.29) is 18.4 Å². The normalized spacial score (nSPS) is 17.3. The molecule has 8 nitrogen and oxygen atoms in total. The van der Waals surface area contributed by atoms with Gasteiger partial charge >= 0.3 is 0 Å². The Balaban J connectivity index is 1.82. The maximum Gasteiger partial charge on any atom is 0.254 e. The minimum atomic E-state index is -0.689. The largest absolute Gasteiger partial charge is 0.497 e. The van der Waals surface area contributed by atoms with Crippen molar-refractivity contribution in [3.63, 3.8) is 0 Å². The monoisotopic (exact) mass is 450 g/mol. The molecule has 0 fully saturated rings. The van der Waals surface area contributed by atoms with Gasteiger partial charge in [-0.1, -0.05) is 12.1 Å². The zero-order valence-corrected chi connectivity index (χ0v) is 19.0. The average molecular weight is 450 g/mol. The van der Waals surface area contributed by atoms with Crippen molar-refractivity contribution in [1.82, 2.24) is 10.2 Å². The first kappa shape index (κ1) is 22.3.